The van der Waals surface area contributed by atoms with Crippen LogP contribution in [-0.2, 0) is 32.6 Å². The zero-order valence-electron chi connectivity index (χ0n) is 24.2. The summed E-state index contributed by atoms with van der Waals surface area (Å²) in [5.74, 6) is -0.780. The third-order valence-electron chi connectivity index (χ3n) is 7.21. The molecule has 0 saturated heterocycles. The summed E-state index contributed by atoms with van der Waals surface area (Å²) in [5, 5.41) is 2.88. The van der Waals surface area contributed by atoms with Crippen LogP contribution in [0.3, 0.4) is 0 Å². The molecule has 4 aromatic carbocycles. The van der Waals surface area contributed by atoms with E-state index in [1.54, 1.807) is 30.3 Å². The van der Waals surface area contributed by atoms with E-state index in [0.717, 1.165) is 26.6 Å². The molecule has 0 aliphatic rings. The van der Waals surface area contributed by atoms with E-state index < -0.39 is 28.5 Å². The lowest BCUT2D eigenvalue weighted by molar-refractivity contribution is -0.140. The number of carbonyl (C=O) groups is 2. The van der Waals surface area contributed by atoms with Crippen LogP contribution in [0, 0.1) is 13.8 Å². The molecule has 218 valence electrons. The third-order valence-corrected chi connectivity index (χ3v) is 8.99. The molecule has 4 aromatic rings. The summed E-state index contributed by atoms with van der Waals surface area (Å²) in [4.78, 5) is 29.4. The van der Waals surface area contributed by atoms with Crippen molar-refractivity contribution in [3.05, 3.63) is 131 Å². The molecule has 8 heteroatoms. The summed E-state index contributed by atoms with van der Waals surface area (Å²) in [6.45, 7) is 5.74. The van der Waals surface area contributed by atoms with Gasteiger partial charge in [-0.25, -0.2) is 8.42 Å². The van der Waals surface area contributed by atoms with E-state index in [0.29, 0.717) is 12.2 Å². The summed E-state index contributed by atoms with van der Waals surface area (Å²) in [6.07, 6.45) is 0.278. The van der Waals surface area contributed by atoms with Gasteiger partial charge >= 0.3 is 0 Å². The number of sulfonamides is 1. The number of anilines is 1. The van der Waals surface area contributed by atoms with Crippen LogP contribution >= 0.6 is 0 Å². The molecule has 0 bridgehead atoms. The molecule has 0 unspecified atom stereocenters. The second-order valence-electron chi connectivity index (χ2n) is 10.2. The maximum Gasteiger partial charge on any atom is 0.264 e. The van der Waals surface area contributed by atoms with Crippen LogP contribution in [0.4, 0.5) is 5.69 Å². The maximum atomic E-state index is 14.3. The van der Waals surface area contributed by atoms with Gasteiger partial charge in [0.05, 0.1) is 10.6 Å². The van der Waals surface area contributed by atoms with Gasteiger partial charge in [-0.3, -0.25) is 13.9 Å². The number of carbonyl (C=O) groups excluding carboxylic acids is 2. The highest BCUT2D eigenvalue weighted by atomic mass is 32.2. The van der Waals surface area contributed by atoms with Gasteiger partial charge in [0.2, 0.25) is 11.8 Å². The van der Waals surface area contributed by atoms with Gasteiger partial charge in [0.25, 0.3) is 10.0 Å². The largest absolute Gasteiger partial charge is 0.355 e. The number of rotatable bonds is 12. The van der Waals surface area contributed by atoms with Crippen LogP contribution in [0.1, 0.15) is 29.2 Å². The van der Waals surface area contributed by atoms with Crippen molar-refractivity contribution in [2.75, 3.05) is 17.4 Å². The molecule has 1 N–H and O–H groups in total. The monoisotopic (exact) mass is 583 g/mol. The number of hydrogen-bond acceptors (Lipinski definition) is 4. The first-order chi connectivity index (χ1) is 20.2. The van der Waals surface area contributed by atoms with Crippen LogP contribution in [0.25, 0.3) is 0 Å². The highest BCUT2D eigenvalue weighted by molar-refractivity contribution is 7.92. The summed E-state index contributed by atoms with van der Waals surface area (Å²) in [7, 11) is -4.11. The zero-order valence-corrected chi connectivity index (χ0v) is 25.1. The highest BCUT2D eigenvalue weighted by Gasteiger charge is 2.34. The number of nitrogens with zero attached hydrogens (tertiary/aromatic N) is 2. The maximum absolute atomic E-state index is 14.3. The molecule has 0 fully saturated rings. The molecule has 0 spiro atoms. The van der Waals surface area contributed by atoms with Gasteiger partial charge in [0.15, 0.2) is 0 Å². The predicted octanol–water partition coefficient (Wildman–Crippen LogP) is 5.27. The van der Waals surface area contributed by atoms with E-state index >= 15 is 0 Å². The normalized spacial score (nSPS) is 11.9. The number of aryl methyl sites for hydroxylation is 2. The Bertz CT molecular complexity index is 1590. The van der Waals surface area contributed by atoms with E-state index in [9.17, 15) is 18.0 Å². The fraction of sp³-hybridized carbons (Fsp3) is 0.235. The van der Waals surface area contributed by atoms with Gasteiger partial charge in [-0.05, 0) is 67.3 Å². The SMILES string of the molecule is CCNC(=O)[C@H](Cc1ccccc1)N(Cc1ccccc1)C(=O)CN(c1ccc(C)c(C)c1)S(=O)(=O)c1ccccc1. The Kier molecular flexibility index (Phi) is 10.1. The van der Waals surface area contributed by atoms with Crippen molar-refractivity contribution in [2.45, 2.75) is 44.7 Å². The van der Waals surface area contributed by atoms with Crippen molar-refractivity contribution in [2.24, 2.45) is 0 Å². The zero-order chi connectivity index (χ0) is 30.1. The fourth-order valence-electron chi connectivity index (χ4n) is 4.76. The first kappa shape index (κ1) is 30.5. The Morgan fingerprint density at radius 3 is 1.90 bits per heavy atom. The number of nitrogens with one attached hydrogen (secondary N) is 1. The molecule has 0 aliphatic carbocycles. The summed E-state index contributed by atoms with van der Waals surface area (Å²) >= 11 is 0. The first-order valence-electron chi connectivity index (χ1n) is 14.0. The second kappa shape index (κ2) is 14.0. The van der Waals surface area contributed by atoms with Crippen molar-refractivity contribution >= 4 is 27.5 Å². The Labute approximate surface area is 248 Å². The molecule has 7 nitrogen and oxygen atoms in total. The van der Waals surface area contributed by atoms with Crippen molar-refractivity contribution in [1.82, 2.24) is 10.2 Å². The number of hydrogen-bond donors (Lipinski definition) is 1. The van der Waals surface area contributed by atoms with Crippen LogP contribution in [0.5, 0.6) is 0 Å². The molecular weight excluding hydrogens is 546 g/mol. The van der Waals surface area contributed by atoms with Crippen molar-refractivity contribution in [3.8, 4) is 0 Å². The van der Waals surface area contributed by atoms with Crippen molar-refractivity contribution in [3.63, 3.8) is 0 Å². The van der Waals surface area contributed by atoms with E-state index in [4.69, 9.17) is 0 Å². The summed E-state index contributed by atoms with van der Waals surface area (Å²) in [6, 6.07) is 31.5. The topological polar surface area (TPSA) is 86.8 Å². The number of amides is 2. The lowest BCUT2D eigenvalue weighted by Crippen LogP contribution is -2.53. The standard InChI is InChI=1S/C34H37N3O4S/c1-4-35-34(39)32(23-28-14-8-5-9-15-28)36(24-29-16-10-6-11-17-29)33(38)25-37(30-21-20-26(2)27(3)22-30)42(40,41)31-18-12-7-13-19-31/h5-22,32H,4,23-25H2,1-3H3,(H,35,39)/t32-/m0/s1. The smallest absolute Gasteiger partial charge is 0.264 e. The molecule has 0 radical (unpaired) electrons. The van der Waals surface area contributed by atoms with Gasteiger partial charge < -0.3 is 10.2 Å². The quantitative estimate of drug-likeness (QED) is 0.246. The molecule has 0 aliphatic heterocycles. The van der Waals surface area contributed by atoms with Crippen molar-refractivity contribution < 1.29 is 18.0 Å². The molecule has 4 rings (SSSR count). The van der Waals surface area contributed by atoms with Gasteiger partial charge in [-0.15, -0.1) is 0 Å². The first-order valence-corrected chi connectivity index (χ1v) is 15.4. The lowest BCUT2D eigenvalue weighted by Gasteiger charge is -2.34. The van der Waals surface area contributed by atoms with E-state index in [1.807, 2.05) is 87.5 Å². The van der Waals surface area contributed by atoms with E-state index in [1.165, 1.54) is 17.0 Å². The molecule has 0 saturated carbocycles. The van der Waals surface area contributed by atoms with Gasteiger partial charge in [0.1, 0.15) is 12.6 Å². The van der Waals surface area contributed by atoms with Gasteiger partial charge in [-0.2, -0.15) is 0 Å². The Balaban J connectivity index is 1.79. The molecule has 1 atom stereocenters. The Morgan fingerprint density at radius 1 is 0.762 bits per heavy atom. The van der Waals surface area contributed by atoms with Crippen LogP contribution < -0.4 is 9.62 Å². The van der Waals surface area contributed by atoms with E-state index in [2.05, 4.69) is 5.32 Å². The minimum Gasteiger partial charge on any atom is -0.355 e. The minimum absolute atomic E-state index is 0.0789. The lowest BCUT2D eigenvalue weighted by atomic mass is 10.0. The minimum atomic E-state index is -4.11. The van der Waals surface area contributed by atoms with Crippen LogP contribution in [0.2, 0.25) is 0 Å². The number of benzene rings is 4. The van der Waals surface area contributed by atoms with Crippen LogP contribution in [0.15, 0.2) is 114 Å². The summed E-state index contributed by atoms with van der Waals surface area (Å²) in [5.41, 5.74) is 4.01. The molecule has 0 heterocycles. The molecule has 42 heavy (non-hydrogen) atoms. The highest BCUT2D eigenvalue weighted by Crippen LogP contribution is 2.27. The Hall–Kier alpha value is -4.43. The van der Waals surface area contributed by atoms with Crippen LogP contribution in [-0.4, -0.2) is 44.3 Å². The van der Waals surface area contributed by atoms with Gasteiger partial charge in [-0.1, -0.05) is 84.9 Å². The average molecular weight is 584 g/mol. The molecule has 0 aromatic heterocycles. The Morgan fingerprint density at radius 2 is 1.33 bits per heavy atom. The van der Waals surface area contributed by atoms with E-state index in [-0.39, 0.29) is 23.8 Å². The third kappa shape index (κ3) is 7.44. The fourth-order valence-corrected chi connectivity index (χ4v) is 6.18. The summed E-state index contributed by atoms with van der Waals surface area (Å²) < 4.78 is 29.2. The van der Waals surface area contributed by atoms with Gasteiger partial charge in [0, 0.05) is 19.5 Å². The molecular formula is C34H37N3O4S. The average Bonchev–Trinajstić information content (AvgIpc) is 3.00. The second-order valence-corrected chi connectivity index (χ2v) is 12.1. The van der Waals surface area contributed by atoms with Crippen molar-refractivity contribution in [1.29, 1.82) is 0 Å². The number of likely N-dealkylation sites (N-methyl/N-ethyl adjacent to an activating group) is 1. The predicted molar refractivity (Wildman–Crippen MR) is 166 cm³/mol. The molecule has 2 amide bonds.